The summed E-state index contributed by atoms with van der Waals surface area (Å²) in [5, 5.41) is 0. The average molecular weight is 306 g/mol. The zero-order valence-electron chi connectivity index (χ0n) is 9.66. The van der Waals surface area contributed by atoms with Crippen molar-refractivity contribution in [3.8, 4) is 0 Å². The summed E-state index contributed by atoms with van der Waals surface area (Å²) in [4.78, 5) is 14.7. The molecule has 0 spiro atoms. The van der Waals surface area contributed by atoms with E-state index in [1.807, 2.05) is 11.8 Å². The standard InChI is InChI=1S/C12H20BrNOS/c13-11-2-1-5-14(9-11)12(15)8-10-3-6-16-7-4-10/h10-11H,1-9H2. The number of hydrogen-bond acceptors (Lipinski definition) is 2. The second-order valence-corrected chi connectivity index (χ2v) is 7.36. The second-order valence-electron chi connectivity index (χ2n) is 4.84. The van der Waals surface area contributed by atoms with Crippen molar-refractivity contribution in [1.29, 1.82) is 0 Å². The van der Waals surface area contributed by atoms with E-state index in [1.54, 1.807) is 0 Å². The Morgan fingerprint density at radius 3 is 2.75 bits per heavy atom. The molecule has 0 aromatic rings. The highest BCUT2D eigenvalue weighted by atomic mass is 79.9. The Bertz CT molecular complexity index is 243. The van der Waals surface area contributed by atoms with E-state index in [1.165, 1.54) is 30.8 Å². The zero-order valence-corrected chi connectivity index (χ0v) is 12.1. The lowest BCUT2D eigenvalue weighted by Gasteiger charge is -2.32. The fourth-order valence-electron chi connectivity index (χ4n) is 2.48. The van der Waals surface area contributed by atoms with E-state index in [2.05, 4.69) is 20.8 Å². The maximum Gasteiger partial charge on any atom is 0.222 e. The van der Waals surface area contributed by atoms with E-state index in [0.717, 1.165) is 25.9 Å². The van der Waals surface area contributed by atoms with Crippen molar-refractivity contribution in [1.82, 2.24) is 4.90 Å². The van der Waals surface area contributed by atoms with E-state index >= 15 is 0 Å². The smallest absolute Gasteiger partial charge is 0.222 e. The molecule has 1 atom stereocenters. The largest absolute Gasteiger partial charge is 0.342 e. The first-order valence-corrected chi connectivity index (χ1v) is 8.32. The predicted molar refractivity (Wildman–Crippen MR) is 73.2 cm³/mol. The Labute approximate surface area is 111 Å². The maximum absolute atomic E-state index is 12.1. The molecule has 0 aromatic heterocycles. The normalized spacial score (nSPS) is 28.1. The van der Waals surface area contributed by atoms with Gasteiger partial charge in [-0.3, -0.25) is 4.79 Å². The first-order valence-electron chi connectivity index (χ1n) is 6.25. The molecule has 2 fully saturated rings. The van der Waals surface area contributed by atoms with Crippen LogP contribution in [0.3, 0.4) is 0 Å². The lowest BCUT2D eigenvalue weighted by molar-refractivity contribution is -0.133. The zero-order chi connectivity index (χ0) is 11.4. The molecule has 4 heteroatoms. The number of halogens is 1. The summed E-state index contributed by atoms with van der Waals surface area (Å²) in [7, 11) is 0. The van der Waals surface area contributed by atoms with Gasteiger partial charge in [0.05, 0.1) is 0 Å². The number of piperidine rings is 1. The maximum atomic E-state index is 12.1. The van der Waals surface area contributed by atoms with Gasteiger partial charge in [0, 0.05) is 24.3 Å². The molecule has 2 rings (SSSR count). The molecule has 0 N–H and O–H groups in total. The summed E-state index contributed by atoms with van der Waals surface area (Å²) < 4.78 is 0. The number of nitrogens with zero attached hydrogens (tertiary/aromatic N) is 1. The second kappa shape index (κ2) is 6.29. The first-order chi connectivity index (χ1) is 7.75. The van der Waals surface area contributed by atoms with E-state index in [-0.39, 0.29) is 0 Å². The van der Waals surface area contributed by atoms with Crippen LogP contribution in [-0.4, -0.2) is 40.2 Å². The fourth-order valence-corrected chi connectivity index (χ4v) is 4.36. The highest BCUT2D eigenvalue weighted by molar-refractivity contribution is 9.09. The molecular weight excluding hydrogens is 286 g/mol. The Kier molecular flexibility index (Phi) is 5.01. The average Bonchev–Trinajstić information content (AvgIpc) is 2.30. The van der Waals surface area contributed by atoms with Crippen LogP contribution in [0.5, 0.6) is 0 Å². The van der Waals surface area contributed by atoms with Gasteiger partial charge in [-0.25, -0.2) is 0 Å². The van der Waals surface area contributed by atoms with E-state index in [4.69, 9.17) is 0 Å². The van der Waals surface area contributed by atoms with Gasteiger partial charge in [-0.2, -0.15) is 11.8 Å². The minimum absolute atomic E-state index is 0.390. The Balaban J connectivity index is 1.77. The number of likely N-dealkylation sites (tertiary alicyclic amines) is 1. The van der Waals surface area contributed by atoms with Crippen LogP contribution >= 0.6 is 27.7 Å². The molecule has 92 valence electrons. The van der Waals surface area contributed by atoms with Gasteiger partial charge in [0.15, 0.2) is 0 Å². The van der Waals surface area contributed by atoms with Gasteiger partial charge in [-0.15, -0.1) is 0 Å². The van der Waals surface area contributed by atoms with Crippen molar-refractivity contribution in [3.05, 3.63) is 0 Å². The Hall–Kier alpha value is 0.300. The van der Waals surface area contributed by atoms with E-state index in [9.17, 15) is 4.79 Å². The topological polar surface area (TPSA) is 20.3 Å². The van der Waals surface area contributed by atoms with Crippen molar-refractivity contribution in [3.63, 3.8) is 0 Å². The molecule has 0 bridgehead atoms. The van der Waals surface area contributed by atoms with Gasteiger partial charge >= 0.3 is 0 Å². The van der Waals surface area contributed by atoms with Crippen LogP contribution in [0.2, 0.25) is 0 Å². The molecule has 0 saturated carbocycles. The molecule has 1 amide bonds. The molecule has 2 nitrogen and oxygen atoms in total. The monoisotopic (exact) mass is 305 g/mol. The van der Waals surface area contributed by atoms with Crippen LogP contribution in [0.15, 0.2) is 0 Å². The first kappa shape index (κ1) is 12.7. The Morgan fingerprint density at radius 2 is 2.06 bits per heavy atom. The third-order valence-corrected chi connectivity index (χ3v) is 5.32. The van der Waals surface area contributed by atoms with Crippen LogP contribution in [0.25, 0.3) is 0 Å². The number of hydrogen-bond donors (Lipinski definition) is 0. The lowest BCUT2D eigenvalue weighted by Crippen LogP contribution is -2.41. The molecule has 2 aliphatic heterocycles. The quantitative estimate of drug-likeness (QED) is 0.731. The summed E-state index contributed by atoms with van der Waals surface area (Å²) in [6.45, 7) is 1.89. The molecule has 0 aliphatic carbocycles. The van der Waals surface area contributed by atoms with Gasteiger partial charge in [-0.05, 0) is 43.1 Å². The molecule has 0 radical (unpaired) electrons. The molecule has 2 aliphatic rings. The number of carbonyl (C=O) groups excluding carboxylic acids is 1. The van der Waals surface area contributed by atoms with Gasteiger partial charge in [0.2, 0.25) is 5.91 Å². The summed E-state index contributed by atoms with van der Waals surface area (Å²) in [6.07, 6.45) is 5.64. The van der Waals surface area contributed by atoms with E-state index < -0.39 is 0 Å². The van der Waals surface area contributed by atoms with Gasteiger partial charge in [0.25, 0.3) is 0 Å². The third kappa shape index (κ3) is 3.66. The highest BCUT2D eigenvalue weighted by Crippen LogP contribution is 2.26. The number of alkyl halides is 1. The molecule has 2 heterocycles. The van der Waals surface area contributed by atoms with E-state index in [0.29, 0.717) is 16.7 Å². The number of thioether (sulfide) groups is 1. The van der Waals surface area contributed by atoms with Crippen molar-refractivity contribution in [2.24, 2.45) is 5.92 Å². The minimum Gasteiger partial charge on any atom is -0.342 e. The van der Waals surface area contributed by atoms with Gasteiger partial charge < -0.3 is 4.90 Å². The minimum atomic E-state index is 0.390. The van der Waals surface area contributed by atoms with Crippen LogP contribution in [-0.2, 0) is 4.79 Å². The molecule has 1 unspecified atom stereocenters. The van der Waals surface area contributed by atoms with Crippen molar-refractivity contribution < 1.29 is 4.79 Å². The summed E-state index contributed by atoms with van der Waals surface area (Å²) in [5.74, 6) is 3.54. The summed E-state index contributed by atoms with van der Waals surface area (Å²) in [6, 6.07) is 0. The third-order valence-electron chi connectivity index (χ3n) is 3.52. The van der Waals surface area contributed by atoms with Gasteiger partial charge in [-0.1, -0.05) is 15.9 Å². The molecule has 0 aromatic carbocycles. The molecule has 16 heavy (non-hydrogen) atoms. The van der Waals surface area contributed by atoms with Crippen LogP contribution in [0.4, 0.5) is 0 Å². The summed E-state index contributed by atoms with van der Waals surface area (Å²) in [5.41, 5.74) is 0. The van der Waals surface area contributed by atoms with Crippen LogP contribution < -0.4 is 0 Å². The van der Waals surface area contributed by atoms with Crippen molar-refractivity contribution >= 4 is 33.6 Å². The van der Waals surface area contributed by atoms with Crippen molar-refractivity contribution in [2.45, 2.75) is 36.9 Å². The molecular formula is C12H20BrNOS. The highest BCUT2D eigenvalue weighted by Gasteiger charge is 2.24. The summed E-state index contributed by atoms with van der Waals surface area (Å²) >= 11 is 5.65. The van der Waals surface area contributed by atoms with Crippen LogP contribution in [0, 0.1) is 5.92 Å². The molecule has 2 saturated heterocycles. The fraction of sp³-hybridized carbons (Fsp3) is 0.917. The number of rotatable bonds is 2. The van der Waals surface area contributed by atoms with Crippen molar-refractivity contribution in [2.75, 3.05) is 24.6 Å². The number of carbonyl (C=O) groups is 1. The number of amides is 1. The Morgan fingerprint density at radius 1 is 1.31 bits per heavy atom. The van der Waals surface area contributed by atoms with Crippen LogP contribution in [0.1, 0.15) is 32.1 Å². The lowest BCUT2D eigenvalue weighted by atomic mass is 9.97. The van der Waals surface area contributed by atoms with Gasteiger partial charge in [0.1, 0.15) is 0 Å². The SMILES string of the molecule is O=C(CC1CCSCC1)N1CCCC(Br)C1. The predicted octanol–water partition coefficient (Wildman–Crippen LogP) is 2.91.